The van der Waals surface area contributed by atoms with Gasteiger partial charge in [-0.2, -0.15) is 12.6 Å². The molecule has 1 rings (SSSR count). The average molecular weight is 204 g/mol. The van der Waals surface area contributed by atoms with Gasteiger partial charge in [0.2, 0.25) is 0 Å². The third kappa shape index (κ3) is 3.32. The van der Waals surface area contributed by atoms with Crippen LogP contribution in [0.4, 0.5) is 0 Å². The maximum absolute atomic E-state index is 5.70. The van der Waals surface area contributed by atoms with Crippen molar-refractivity contribution < 1.29 is 4.74 Å². The number of pyridine rings is 1. The first-order valence-electron chi connectivity index (χ1n) is 3.67. The van der Waals surface area contributed by atoms with Crippen LogP contribution >= 0.6 is 24.2 Å². The number of thiol groups is 1. The summed E-state index contributed by atoms with van der Waals surface area (Å²) < 4.78 is 5.33. The Labute approximate surface area is 82.3 Å². The lowest BCUT2D eigenvalue weighted by atomic mass is 10.4. The minimum absolute atomic E-state index is 0.596. The van der Waals surface area contributed by atoms with Crippen molar-refractivity contribution in [3.63, 3.8) is 0 Å². The summed E-state index contributed by atoms with van der Waals surface area (Å²) in [6.07, 6.45) is 4.15. The van der Waals surface area contributed by atoms with E-state index in [1.165, 1.54) is 0 Å². The molecule has 66 valence electrons. The van der Waals surface area contributed by atoms with Crippen LogP contribution in [0.1, 0.15) is 6.42 Å². The number of ether oxygens (including phenoxy) is 1. The van der Waals surface area contributed by atoms with Crippen LogP contribution in [-0.4, -0.2) is 17.3 Å². The van der Waals surface area contributed by atoms with E-state index < -0.39 is 0 Å². The van der Waals surface area contributed by atoms with Crippen LogP contribution in [0.15, 0.2) is 18.5 Å². The lowest BCUT2D eigenvalue weighted by Crippen LogP contribution is -1.97. The Morgan fingerprint density at radius 1 is 1.50 bits per heavy atom. The molecule has 0 spiro atoms. The Kier molecular flexibility index (Phi) is 4.25. The van der Waals surface area contributed by atoms with Crippen molar-refractivity contribution >= 4 is 24.2 Å². The van der Waals surface area contributed by atoms with Crippen molar-refractivity contribution in [3.8, 4) is 5.75 Å². The maximum Gasteiger partial charge on any atom is 0.139 e. The van der Waals surface area contributed by atoms with Gasteiger partial charge in [-0.1, -0.05) is 11.6 Å². The van der Waals surface area contributed by atoms with E-state index >= 15 is 0 Å². The van der Waals surface area contributed by atoms with Gasteiger partial charge in [0.25, 0.3) is 0 Å². The van der Waals surface area contributed by atoms with Crippen molar-refractivity contribution in [2.24, 2.45) is 0 Å². The van der Waals surface area contributed by atoms with E-state index in [2.05, 4.69) is 17.6 Å². The Morgan fingerprint density at radius 2 is 2.33 bits per heavy atom. The lowest BCUT2D eigenvalue weighted by Gasteiger charge is -2.03. The molecule has 0 saturated heterocycles. The van der Waals surface area contributed by atoms with E-state index in [4.69, 9.17) is 16.3 Å². The Hall–Kier alpha value is -0.410. The summed E-state index contributed by atoms with van der Waals surface area (Å²) in [5.41, 5.74) is 0. The zero-order valence-electron chi connectivity index (χ0n) is 6.53. The van der Waals surface area contributed by atoms with E-state index in [0.29, 0.717) is 17.4 Å². The molecule has 2 nitrogen and oxygen atoms in total. The third-order valence-corrected chi connectivity index (χ3v) is 1.77. The van der Waals surface area contributed by atoms with Gasteiger partial charge < -0.3 is 4.74 Å². The number of aromatic nitrogens is 1. The van der Waals surface area contributed by atoms with E-state index in [1.54, 1.807) is 18.5 Å². The molecular weight excluding hydrogens is 194 g/mol. The first-order chi connectivity index (χ1) is 5.83. The summed E-state index contributed by atoms with van der Waals surface area (Å²) in [4.78, 5) is 3.89. The maximum atomic E-state index is 5.70. The standard InChI is InChI=1S/C8H10ClNOS/c9-7-4-8(6-10-5-7)11-2-1-3-12/h4-6,12H,1-3H2. The summed E-state index contributed by atoms with van der Waals surface area (Å²) in [5, 5.41) is 0.596. The van der Waals surface area contributed by atoms with Crippen molar-refractivity contribution in [3.05, 3.63) is 23.5 Å². The largest absolute Gasteiger partial charge is 0.492 e. The Bertz CT molecular complexity index is 244. The highest BCUT2D eigenvalue weighted by atomic mass is 35.5. The van der Waals surface area contributed by atoms with Crippen LogP contribution < -0.4 is 4.74 Å². The first kappa shape index (κ1) is 9.68. The zero-order chi connectivity index (χ0) is 8.81. The molecule has 0 aromatic carbocycles. The SMILES string of the molecule is SCCCOc1cncc(Cl)c1. The summed E-state index contributed by atoms with van der Waals surface area (Å²) in [6.45, 7) is 0.658. The van der Waals surface area contributed by atoms with Gasteiger partial charge in [-0.25, -0.2) is 0 Å². The Morgan fingerprint density at radius 3 is 3.00 bits per heavy atom. The predicted molar refractivity (Wildman–Crippen MR) is 53.2 cm³/mol. The molecule has 1 heterocycles. The molecule has 0 aliphatic carbocycles. The molecule has 0 bridgehead atoms. The minimum atomic E-state index is 0.596. The van der Waals surface area contributed by atoms with Crippen molar-refractivity contribution in [2.75, 3.05) is 12.4 Å². The van der Waals surface area contributed by atoms with Crippen LogP contribution in [-0.2, 0) is 0 Å². The number of rotatable bonds is 4. The lowest BCUT2D eigenvalue weighted by molar-refractivity contribution is 0.317. The smallest absolute Gasteiger partial charge is 0.139 e. The molecule has 0 saturated carbocycles. The molecule has 4 heteroatoms. The molecule has 1 aromatic rings. The molecule has 0 amide bonds. The molecule has 0 fully saturated rings. The van der Waals surface area contributed by atoms with Crippen molar-refractivity contribution in [2.45, 2.75) is 6.42 Å². The summed E-state index contributed by atoms with van der Waals surface area (Å²) >= 11 is 9.77. The van der Waals surface area contributed by atoms with Gasteiger partial charge >= 0.3 is 0 Å². The second-order valence-electron chi connectivity index (χ2n) is 2.26. The molecule has 1 aromatic heterocycles. The van der Waals surface area contributed by atoms with Gasteiger partial charge in [0.1, 0.15) is 5.75 Å². The Balaban J connectivity index is 2.41. The van der Waals surface area contributed by atoms with Gasteiger partial charge in [0, 0.05) is 12.3 Å². The summed E-state index contributed by atoms with van der Waals surface area (Å²) in [6, 6.07) is 1.74. The highest BCUT2D eigenvalue weighted by molar-refractivity contribution is 7.80. The molecule has 0 aliphatic rings. The monoisotopic (exact) mass is 203 g/mol. The molecule has 0 radical (unpaired) electrons. The second-order valence-corrected chi connectivity index (χ2v) is 3.15. The van der Waals surface area contributed by atoms with Crippen LogP contribution in [0.3, 0.4) is 0 Å². The molecule has 12 heavy (non-hydrogen) atoms. The van der Waals surface area contributed by atoms with Crippen LogP contribution in [0.2, 0.25) is 5.02 Å². The van der Waals surface area contributed by atoms with Gasteiger partial charge in [-0.3, -0.25) is 4.98 Å². The normalized spacial score (nSPS) is 9.83. The topological polar surface area (TPSA) is 22.1 Å². The van der Waals surface area contributed by atoms with E-state index in [9.17, 15) is 0 Å². The highest BCUT2D eigenvalue weighted by Gasteiger charge is 1.94. The van der Waals surface area contributed by atoms with Gasteiger partial charge in [0.05, 0.1) is 17.8 Å². The van der Waals surface area contributed by atoms with Gasteiger partial charge in [-0.05, 0) is 12.2 Å². The first-order valence-corrected chi connectivity index (χ1v) is 4.68. The van der Waals surface area contributed by atoms with Crippen molar-refractivity contribution in [1.29, 1.82) is 0 Å². The average Bonchev–Trinajstić information content (AvgIpc) is 2.05. The number of nitrogens with zero attached hydrogens (tertiary/aromatic N) is 1. The van der Waals surface area contributed by atoms with Crippen LogP contribution in [0, 0.1) is 0 Å². The summed E-state index contributed by atoms with van der Waals surface area (Å²) in [5.74, 6) is 1.54. The predicted octanol–water partition coefficient (Wildman–Crippen LogP) is 2.43. The number of hydrogen-bond donors (Lipinski definition) is 1. The molecule has 0 atom stereocenters. The number of hydrogen-bond acceptors (Lipinski definition) is 3. The summed E-state index contributed by atoms with van der Waals surface area (Å²) in [7, 11) is 0. The fourth-order valence-electron chi connectivity index (χ4n) is 0.726. The fraction of sp³-hybridized carbons (Fsp3) is 0.375. The molecule has 0 N–H and O–H groups in total. The number of halogens is 1. The second kappa shape index (κ2) is 5.27. The molecule has 0 unspecified atom stereocenters. The van der Waals surface area contributed by atoms with Crippen LogP contribution in [0.25, 0.3) is 0 Å². The van der Waals surface area contributed by atoms with E-state index in [-0.39, 0.29) is 0 Å². The van der Waals surface area contributed by atoms with E-state index in [1.807, 2.05) is 0 Å². The third-order valence-electron chi connectivity index (χ3n) is 1.25. The minimum Gasteiger partial charge on any atom is -0.492 e. The highest BCUT2D eigenvalue weighted by Crippen LogP contribution is 2.14. The van der Waals surface area contributed by atoms with Gasteiger partial charge in [0.15, 0.2) is 0 Å². The molecular formula is C8H10ClNOS. The van der Waals surface area contributed by atoms with Crippen molar-refractivity contribution in [1.82, 2.24) is 4.98 Å². The zero-order valence-corrected chi connectivity index (χ0v) is 8.18. The fourth-order valence-corrected chi connectivity index (χ4v) is 1.02. The molecule has 0 aliphatic heterocycles. The van der Waals surface area contributed by atoms with Crippen LogP contribution in [0.5, 0.6) is 5.75 Å². The quantitative estimate of drug-likeness (QED) is 0.600. The van der Waals surface area contributed by atoms with Gasteiger partial charge in [-0.15, -0.1) is 0 Å². The van der Waals surface area contributed by atoms with E-state index in [0.717, 1.165) is 12.2 Å².